The van der Waals surface area contributed by atoms with Crippen molar-refractivity contribution in [3.63, 3.8) is 0 Å². The second-order valence-electron chi connectivity index (χ2n) is 48.6. The molecule has 25 atom stereocenters. The first kappa shape index (κ1) is 121. The van der Waals surface area contributed by atoms with Crippen LogP contribution in [0.2, 0.25) is 0 Å². The highest BCUT2D eigenvalue weighted by Gasteiger charge is 2.72. The molecule has 0 spiro atoms. The summed E-state index contributed by atoms with van der Waals surface area (Å²) in [5.41, 5.74) is 0.242. The van der Waals surface area contributed by atoms with E-state index in [1.165, 1.54) is 125 Å². The van der Waals surface area contributed by atoms with Gasteiger partial charge >= 0.3 is 35.8 Å². The Kier molecular flexibility index (Phi) is 42.3. The highest BCUT2D eigenvalue weighted by molar-refractivity contribution is 5.80. The zero-order valence-electron chi connectivity index (χ0n) is 86.0. The molecule has 16 heteroatoms. The minimum absolute atomic E-state index is 0. The maximum Gasteiger partial charge on any atom is 0.312 e. The number of allylic oxidation sites excluding steroid dienone is 3. The monoisotopic (exact) mass is 1900 g/mol. The van der Waals surface area contributed by atoms with Crippen LogP contribution in [0.1, 0.15) is 467 Å². The van der Waals surface area contributed by atoms with Crippen LogP contribution < -0.4 is 0 Å². The molecule has 0 aromatic carbocycles. The summed E-state index contributed by atoms with van der Waals surface area (Å²) >= 11 is 0. The first-order chi connectivity index (χ1) is 61.1. The van der Waals surface area contributed by atoms with Crippen LogP contribution in [0.25, 0.3) is 0 Å². The molecular formula is C120H206O16. The summed E-state index contributed by atoms with van der Waals surface area (Å²) in [7, 11) is 0. The number of hydrogen-bond acceptors (Lipinski definition) is 16. The van der Waals surface area contributed by atoms with Gasteiger partial charge < -0.3 is 43.4 Å². The topological polar surface area (TPSA) is 225 Å². The zero-order chi connectivity index (χ0) is 95.7. The minimum atomic E-state index is -0.736. The summed E-state index contributed by atoms with van der Waals surface area (Å²) < 4.78 is 42.8. The first-order valence-electron chi connectivity index (χ1n) is 53.0. The van der Waals surface area contributed by atoms with Crippen LogP contribution >= 0.6 is 0 Å². The normalized spacial score (nSPS) is 36.4. The van der Waals surface area contributed by atoms with Gasteiger partial charge in [0.05, 0.1) is 38.6 Å². The van der Waals surface area contributed by atoms with E-state index in [1.54, 1.807) is 0 Å². The molecule has 16 aliphatic rings. The maximum absolute atomic E-state index is 13.0. The maximum atomic E-state index is 13.0. The average Bonchev–Trinajstić information content (AvgIpc) is 1.53. The Bertz CT molecular complexity index is 4130. The fourth-order valence-electron chi connectivity index (χ4n) is 28.2. The van der Waals surface area contributed by atoms with Gasteiger partial charge in [0.15, 0.2) is 5.60 Å². The summed E-state index contributed by atoms with van der Waals surface area (Å²) in [5, 5.41) is 21.5. The summed E-state index contributed by atoms with van der Waals surface area (Å²) in [6.45, 7) is 59.4. The highest BCUT2D eigenvalue weighted by Crippen LogP contribution is 2.69. The minimum Gasteiger partial charge on any atom is -0.461 e. The summed E-state index contributed by atoms with van der Waals surface area (Å²) in [5.74, 6) is 8.25. The quantitative estimate of drug-likeness (QED) is 0.0337. The van der Waals surface area contributed by atoms with E-state index in [2.05, 4.69) is 66.5 Å². The summed E-state index contributed by atoms with van der Waals surface area (Å²) in [6, 6.07) is 0. The van der Waals surface area contributed by atoms with Crippen molar-refractivity contribution in [2.75, 3.05) is 0 Å². The van der Waals surface area contributed by atoms with Crippen molar-refractivity contribution in [2.24, 2.45) is 127 Å². The molecule has 782 valence electrons. The van der Waals surface area contributed by atoms with E-state index >= 15 is 0 Å². The van der Waals surface area contributed by atoms with Crippen molar-refractivity contribution < 1.29 is 76.9 Å². The molecule has 4 bridgehead atoms. The van der Waals surface area contributed by atoms with E-state index in [1.807, 2.05) is 137 Å². The number of ether oxygens (including phenoxy) is 7. The largest absolute Gasteiger partial charge is 0.461 e. The number of aliphatic hydroxyl groups excluding tert-OH is 2. The number of carbonyl (C=O) groups excluding carboxylic acids is 7. The van der Waals surface area contributed by atoms with Crippen LogP contribution in [-0.2, 0) is 66.7 Å². The lowest BCUT2D eigenvalue weighted by atomic mass is 9.70. The molecule has 0 radical (unpaired) electrons. The van der Waals surface area contributed by atoms with E-state index in [0.717, 1.165) is 183 Å². The average molecular weight is 1900 g/mol. The van der Waals surface area contributed by atoms with Crippen molar-refractivity contribution in [2.45, 2.75) is 518 Å². The lowest BCUT2D eigenvalue weighted by molar-refractivity contribution is -0.180. The van der Waals surface area contributed by atoms with Crippen molar-refractivity contribution >= 4 is 42.3 Å². The van der Waals surface area contributed by atoms with Gasteiger partial charge in [-0.3, -0.25) is 33.6 Å². The zero-order valence-corrected chi connectivity index (χ0v) is 86.0. The SMILES string of the molecule is C.C.C.C.C.C.C=C(C)C1(OC(=O)C(C)(C)CC)CC(C)C2CCCC21.C=CC1(OC(=O)C(C)(C)CC)CC2CC1C1CCCC21.C=CC1(OC(=O)C(C)(C)CC)CCC2CCCC21.CC/C(C)=C\C1(OC(=O)C(C)(C)CC)CC2(OC=O)CC1C1CCCC12.CCC(C)(C)C(=O)OC1(C2=C(C)CCC2)CC2CCCC2C1O.CCC(C)(C)C(=O)OC1(C2=CCCCC2)CCC2C(O)CCC21. The van der Waals surface area contributed by atoms with Crippen LogP contribution in [0.3, 0.4) is 0 Å². The van der Waals surface area contributed by atoms with Crippen LogP contribution in [0, 0.1) is 127 Å². The fraction of sp³-hybridized carbons (Fsp3) is 0.842. The number of fused-ring (bicyclic) bond motifs is 14. The Morgan fingerprint density at radius 1 is 0.426 bits per heavy atom. The number of rotatable bonds is 27. The molecule has 0 heterocycles. The Labute approximate surface area is 832 Å². The van der Waals surface area contributed by atoms with Gasteiger partial charge in [0, 0.05) is 41.9 Å². The molecule has 0 aliphatic heterocycles. The molecule has 16 rings (SSSR count). The molecule has 16 aliphatic carbocycles. The second kappa shape index (κ2) is 47.5. The third kappa shape index (κ3) is 23.5. The molecule has 0 aromatic rings. The van der Waals surface area contributed by atoms with Gasteiger partial charge in [-0.15, -0.1) is 0 Å². The van der Waals surface area contributed by atoms with Crippen molar-refractivity contribution in [1.29, 1.82) is 0 Å². The fourth-order valence-corrected chi connectivity index (χ4v) is 28.2. The van der Waals surface area contributed by atoms with Crippen molar-refractivity contribution in [3.8, 4) is 0 Å². The van der Waals surface area contributed by atoms with E-state index in [4.69, 9.17) is 33.2 Å². The Balaban J connectivity index is 0.000000287. The lowest BCUT2D eigenvalue weighted by Gasteiger charge is -2.44. The van der Waals surface area contributed by atoms with E-state index < -0.39 is 55.8 Å². The predicted molar refractivity (Wildman–Crippen MR) is 558 cm³/mol. The van der Waals surface area contributed by atoms with Crippen LogP contribution in [0.4, 0.5) is 0 Å². The van der Waals surface area contributed by atoms with Crippen LogP contribution in [0.5, 0.6) is 0 Å². The Hall–Kier alpha value is -5.35. The van der Waals surface area contributed by atoms with Gasteiger partial charge in [0.1, 0.15) is 39.7 Å². The van der Waals surface area contributed by atoms with Gasteiger partial charge in [-0.25, -0.2) is 0 Å². The van der Waals surface area contributed by atoms with Crippen LogP contribution in [0.15, 0.2) is 71.9 Å². The second-order valence-corrected chi connectivity index (χ2v) is 48.6. The molecular weight excluding hydrogens is 1700 g/mol. The Morgan fingerprint density at radius 2 is 0.904 bits per heavy atom. The highest BCUT2D eigenvalue weighted by atomic mass is 16.6. The molecule has 136 heavy (non-hydrogen) atoms. The lowest BCUT2D eigenvalue weighted by Crippen LogP contribution is -2.50. The van der Waals surface area contributed by atoms with Gasteiger partial charge in [-0.2, -0.15) is 0 Å². The van der Waals surface area contributed by atoms with Gasteiger partial charge in [-0.1, -0.05) is 175 Å². The van der Waals surface area contributed by atoms with Gasteiger partial charge in [0.2, 0.25) is 0 Å². The van der Waals surface area contributed by atoms with Crippen molar-refractivity contribution in [3.05, 3.63) is 71.9 Å². The number of carbonyl (C=O) groups is 7. The van der Waals surface area contributed by atoms with Crippen LogP contribution in [-0.4, -0.2) is 104 Å². The molecule has 0 amide bonds. The third-order valence-electron chi connectivity index (χ3n) is 39.0. The summed E-state index contributed by atoms with van der Waals surface area (Å²) in [6.07, 6.45) is 51.0. The smallest absolute Gasteiger partial charge is 0.312 e. The van der Waals surface area contributed by atoms with Gasteiger partial charge in [-0.05, 0) is 416 Å². The van der Waals surface area contributed by atoms with E-state index in [-0.39, 0.29) is 114 Å². The van der Waals surface area contributed by atoms with Gasteiger partial charge in [0.25, 0.3) is 6.47 Å². The predicted octanol–water partition coefficient (Wildman–Crippen LogP) is 30.6. The number of esters is 6. The standard InChI is InChI=1S/C22H34O4.2C20H32O3.C18H28O2.C18H30O2.C16H26O2.6CH4/c1-6-15(3)11-22(26-19(24)20(4,5)7-2)13-21(25-14-23)12-18(22)16-9-8-10-17(16)21;1-5-19(3,4)18(22)23-20(16-11-6-8-13(16)2)12-14-9-7-10-15(14)17(20)21;1-4-19(2,3)18(22)23-20(14-8-6-5-7-9-14)13-12-15-16(20)10-11-17(15)21;1-5-17(3,4)16(19)20-18(6-2)11-12-10-15(18)14-9-7-8-13(12)14;1-7-17(5,6)16(19)20-18(12(2)3)11-13(4)14-9-8-10-15(14)18;1-5-15(3,4)14(17)18-16(6-2)11-10-12-8-7-9-13(12)16;;;;;;/h11,14,16-18H,6-10,12-13H2,1-5H3;14-15,17,21H,5-12H2,1-4H3;8,15-17,21H,4-7,9-13H2,1-3H3;6,12-15H,2,5,7-11H2,1,3-4H3;13-15H,2,7-11H2,1,3-6H3;6,12-13H,2,5,7-11H2,1,3-4H3;6*1H4/b15-11-;;;;;;;;;;;. The first-order valence-corrected chi connectivity index (χ1v) is 53.0. The molecule has 14 fully saturated rings. The molecule has 14 saturated carbocycles. The number of hydrogen-bond donors (Lipinski definition) is 2. The molecule has 16 nitrogen and oxygen atoms in total. The van der Waals surface area contributed by atoms with E-state index in [0.29, 0.717) is 78.0 Å². The molecule has 0 aromatic heterocycles. The molecule has 25 unspecified atom stereocenters. The third-order valence-corrected chi connectivity index (χ3v) is 39.0. The Morgan fingerprint density at radius 3 is 1.42 bits per heavy atom. The summed E-state index contributed by atoms with van der Waals surface area (Å²) in [4.78, 5) is 87.4. The molecule has 2 N–H and O–H groups in total. The molecule has 0 saturated heterocycles. The van der Waals surface area contributed by atoms with E-state index in [9.17, 15) is 43.8 Å². The van der Waals surface area contributed by atoms with Crippen molar-refractivity contribution in [1.82, 2.24) is 0 Å². The number of aliphatic hydroxyl groups is 2.